The largest absolute Gasteiger partial charge is 0.492 e. The summed E-state index contributed by atoms with van der Waals surface area (Å²) < 4.78 is 10.9. The summed E-state index contributed by atoms with van der Waals surface area (Å²) in [7, 11) is 0. The molecule has 0 atom stereocenters. The molecule has 0 fully saturated rings. The minimum Gasteiger partial charge on any atom is -0.492 e. The fourth-order valence-electron chi connectivity index (χ4n) is 1.79. The summed E-state index contributed by atoms with van der Waals surface area (Å²) in [6.45, 7) is 2.84. The van der Waals surface area contributed by atoms with E-state index < -0.39 is 0 Å². The number of benzene rings is 2. The van der Waals surface area contributed by atoms with Crippen LogP contribution in [0.4, 0.5) is 0 Å². The fourth-order valence-corrected chi connectivity index (χ4v) is 1.79. The second kappa shape index (κ2) is 7.94. The van der Waals surface area contributed by atoms with Gasteiger partial charge >= 0.3 is 0 Å². The first kappa shape index (κ1) is 14.9. The normalized spacial score (nSPS) is 9.95. The smallest absolute Gasteiger partial charge is 0.258 e. The number of amides is 1. The van der Waals surface area contributed by atoms with E-state index in [1.54, 1.807) is 0 Å². The van der Waals surface area contributed by atoms with E-state index >= 15 is 0 Å². The van der Waals surface area contributed by atoms with Crippen LogP contribution in [0.3, 0.4) is 0 Å². The molecule has 2 aromatic rings. The van der Waals surface area contributed by atoms with E-state index in [0.717, 1.165) is 17.1 Å². The van der Waals surface area contributed by atoms with Gasteiger partial charge in [0, 0.05) is 0 Å². The molecule has 0 aliphatic heterocycles. The van der Waals surface area contributed by atoms with Crippen LogP contribution in [0.2, 0.25) is 0 Å². The van der Waals surface area contributed by atoms with Gasteiger partial charge in [-0.1, -0.05) is 36.4 Å². The summed E-state index contributed by atoms with van der Waals surface area (Å²) in [6.07, 6.45) is 0. The number of carbonyl (C=O) groups excluding carboxylic acids is 1. The zero-order chi connectivity index (χ0) is 14.9. The van der Waals surface area contributed by atoms with E-state index in [4.69, 9.17) is 9.47 Å². The molecule has 0 saturated carbocycles. The quantitative estimate of drug-likeness (QED) is 0.795. The predicted octanol–water partition coefficient (Wildman–Crippen LogP) is 2.57. The second-order valence-corrected chi connectivity index (χ2v) is 4.57. The van der Waals surface area contributed by atoms with Crippen LogP contribution < -0.4 is 14.8 Å². The Labute approximate surface area is 124 Å². The maximum Gasteiger partial charge on any atom is 0.258 e. The van der Waals surface area contributed by atoms with Crippen molar-refractivity contribution in [2.24, 2.45) is 0 Å². The molecule has 0 spiro atoms. The average molecular weight is 285 g/mol. The standard InChI is InChI=1S/C17H19NO3/c1-14-7-5-6-10-16(14)21-13-17(19)18-11-12-20-15-8-3-2-4-9-15/h2-10H,11-13H2,1H3,(H,18,19). The van der Waals surface area contributed by atoms with E-state index in [-0.39, 0.29) is 12.5 Å². The molecule has 4 heteroatoms. The van der Waals surface area contributed by atoms with Crippen LogP contribution in [0.5, 0.6) is 11.5 Å². The van der Waals surface area contributed by atoms with Crippen LogP contribution in [-0.4, -0.2) is 25.7 Å². The maximum absolute atomic E-state index is 11.6. The van der Waals surface area contributed by atoms with Gasteiger partial charge < -0.3 is 14.8 Å². The molecule has 0 aliphatic carbocycles. The molecule has 2 rings (SSSR count). The maximum atomic E-state index is 11.6. The zero-order valence-corrected chi connectivity index (χ0v) is 12.0. The number of aryl methyl sites for hydroxylation is 1. The van der Waals surface area contributed by atoms with Crippen LogP contribution in [-0.2, 0) is 4.79 Å². The minimum absolute atomic E-state index is 0.0101. The molecule has 1 N–H and O–H groups in total. The molecule has 0 unspecified atom stereocenters. The van der Waals surface area contributed by atoms with E-state index in [0.29, 0.717) is 13.2 Å². The third-order valence-corrected chi connectivity index (χ3v) is 2.89. The Morgan fingerprint density at radius 2 is 1.71 bits per heavy atom. The summed E-state index contributed by atoms with van der Waals surface area (Å²) in [5, 5.41) is 2.75. The van der Waals surface area contributed by atoms with Crippen LogP contribution in [0.15, 0.2) is 54.6 Å². The zero-order valence-electron chi connectivity index (χ0n) is 12.0. The van der Waals surface area contributed by atoms with Gasteiger partial charge in [0.1, 0.15) is 18.1 Å². The minimum atomic E-state index is -0.157. The van der Waals surface area contributed by atoms with Gasteiger partial charge in [-0.15, -0.1) is 0 Å². The van der Waals surface area contributed by atoms with Crippen molar-refractivity contribution in [3.8, 4) is 11.5 Å². The number of para-hydroxylation sites is 2. The van der Waals surface area contributed by atoms with Crippen LogP contribution in [0.1, 0.15) is 5.56 Å². The SMILES string of the molecule is Cc1ccccc1OCC(=O)NCCOc1ccccc1. The van der Waals surface area contributed by atoms with Crippen LogP contribution in [0.25, 0.3) is 0 Å². The highest BCUT2D eigenvalue weighted by atomic mass is 16.5. The van der Waals surface area contributed by atoms with Crippen molar-refractivity contribution in [2.75, 3.05) is 19.8 Å². The predicted molar refractivity (Wildman–Crippen MR) is 81.6 cm³/mol. The van der Waals surface area contributed by atoms with Gasteiger partial charge in [-0.3, -0.25) is 4.79 Å². The van der Waals surface area contributed by atoms with Crippen LogP contribution >= 0.6 is 0 Å². The van der Waals surface area contributed by atoms with E-state index in [2.05, 4.69) is 5.32 Å². The van der Waals surface area contributed by atoms with Gasteiger partial charge in [-0.25, -0.2) is 0 Å². The van der Waals surface area contributed by atoms with Gasteiger partial charge in [0.25, 0.3) is 5.91 Å². The Kier molecular flexibility index (Phi) is 5.64. The topological polar surface area (TPSA) is 47.6 Å². The van der Waals surface area contributed by atoms with E-state index in [9.17, 15) is 4.79 Å². The summed E-state index contributed by atoms with van der Waals surface area (Å²) in [5.41, 5.74) is 1.01. The molecule has 0 aliphatic rings. The number of hydrogen-bond acceptors (Lipinski definition) is 3. The van der Waals surface area contributed by atoms with Gasteiger partial charge in [0.2, 0.25) is 0 Å². The molecule has 2 aromatic carbocycles. The Morgan fingerprint density at radius 1 is 1.00 bits per heavy atom. The highest BCUT2D eigenvalue weighted by Crippen LogP contribution is 2.15. The first-order valence-corrected chi connectivity index (χ1v) is 6.88. The van der Waals surface area contributed by atoms with Crippen LogP contribution in [0, 0.1) is 6.92 Å². The molecule has 4 nitrogen and oxygen atoms in total. The van der Waals surface area contributed by atoms with Crippen molar-refractivity contribution in [2.45, 2.75) is 6.92 Å². The van der Waals surface area contributed by atoms with Crippen molar-refractivity contribution < 1.29 is 14.3 Å². The Morgan fingerprint density at radius 3 is 2.48 bits per heavy atom. The third kappa shape index (κ3) is 5.18. The van der Waals surface area contributed by atoms with Crippen molar-refractivity contribution in [3.05, 3.63) is 60.2 Å². The van der Waals surface area contributed by atoms with Crippen molar-refractivity contribution in [1.82, 2.24) is 5.32 Å². The Hall–Kier alpha value is -2.49. The monoisotopic (exact) mass is 285 g/mol. The lowest BCUT2D eigenvalue weighted by Gasteiger charge is -2.10. The molecule has 0 saturated heterocycles. The van der Waals surface area contributed by atoms with Gasteiger partial charge in [0.15, 0.2) is 6.61 Å². The summed E-state index contributed by atoms with van der Waals surface area (Å²) in [4.78, 5) is 11.6. The fraction of sp³-hybridized carbons (Fsp3) is 0.235. The van der Waals surface area contributed by atoms with Crippen molar-refractivity contribution in [1.29, 1.82) is 0 Å². The first-order valence-electron chi connectivity index (χ1n) is 6.88. The lowest BCUT2D eigenvalue weighted by atomic mass is 10.2. The number of ether oxygens (including phenoxy) is 2. The molecule has 0 heterocycles. The molecular formula is C17H19NO3. The number of rotatable bonds is 7. The molecule has 0 aromatic heterocycles. The van der Waals surface area contributed by atoms with Gasteiger partial charge in [-0.2, -0.15) is 0 Å². The summed E-state index contributed by atoms with van der Waals surface area (Å²) in [6, 6.07) is 17.1. The Bertz CT molecular complexity index is 569. The molecule has 1 amide bonds. The van der Waals surface area contributed by atoms with Crippen molar-refractivity contribution >= 4 is 5.91 Å². The number of hydrogen-bond donors (Lipinski definition) is 1. The molecule has 0 radical (unpaired) electrons. The average Bonchev–Trinajstić information content (AvgIpc) is 2.52. The molecule has 110 valence electrons. The van der Waals surface area contributed by atoms with Gasteiger partial charge in [0.05, 0.1) is 6.54 Å². The number of carbonyl (C=O) groups is 1. The molecule has 21 heavy (non-hydrogen) atoms. The highest BCUT2D eigenvalue weighted by Gasteiger charge is 2.03. The Balaban J connectivity index is 1.63. The third-order valence-electron chi connectivity index (χ3n) is 2.89. The lowest BCUT2D eigenvalue weighted by molar-refractivity contribution is -0.123. The lowest BCUT2D eigenvalue weighted by Crippen LogP contribution is -2.32. The second-order valence-electron chi connectivity index (χ2n) is 4.57. The summed E-state index contributed by atoms with van der Waals surface area (Å²) >= 11 is 0. The highest BCUT2D eigenvalue weighted by molar-refractivity contribution is 5.77. The number of nitrogens with one attached hydrogen (secondary N) is 1. The molecular weight excluding hydrogens is 266 g/mol. The van der Waals surface area contributed by atoms with Crippen molar-refractivity contribution in [3.63, 3.8) is 0 Å². The van der Waals surface area contributed by atoms with E-state index in [1.807, 2.05) is 61.5 Å². The summed E-state index contributed by atoms with van der Waals surface area (Å²) in [5.74, 6) is 1.37. The van der Waals surface area contributed by atoms with E-state index in [1.165, 1.54) is 0 Å². The van der Waals surface area contributed by atoms with Gasteiger partial charge in [-0.05, 0) is 30.7 Å². The first-order chi connectivity index (χ1) is 10.3. The molecule has 0 bridgehead atoms.